The summed E-state index contributed by atoms with van der Waals surface area (Å²) in [5.74, 6) is 0. The summed E-state index contributed by atoms with van der Waals surface area (Å²) >= 11 is 0. The van der Waals surface area contributed by atoms with Gasteiger partial charge >= 0.3 is 6.18 Å². The van der Waals surface area contributed by atoms with E-state index in [9.17, 15) is 18.3 Å². The minimum Gasteiger partial charge on any atom is -0.384 e. The summed E-state index contributed by atoms with van der Waals surface area (Å²) in [4.78, 5) is 4.02. The molecule has 1 aliphatic rings. The Morgan fingerprint density at radius 2 is 1.70 bits per heavy atom. The molecule has 1 aliphatic heterocycles. The minimum atomic E-state index is -4.42. The average molecular weight is 327 g/mol. The van der Waals surface area contributed by atoms with E-state index in [1.165, 1.54) is 19.1 Å². The Balaban J connectivity index is 2.04. The van der Waals surface area contributed by atoms with E-state index in [1.807, 2.05) is 9.80 Å². The number of halogens is 3. The predicted octanol–water partition coefficient (Wildman–Crippen LogP) is 2.05. The average Bonchev–Trinajstić information content (AvgIpc) is 2.49. The summed E-state index contributed by atoms with van der Waals surface area (Å²) in [5.41, 5.74) is -1.86. The summed E-state index contributed by atoms with van der Waals surface area (Å²) in [6.45, 7) is 4.95. The zero-order valence-electron chi connectivity index (χ0n) is 13.0. The molecule has 0 aliphatic carbocycles. The second-order valence-corrected chi connectivity index (χ2v) is 6.06. The van der Waals surface area contributed by atoms with E-state index < -0.39 is 17.3 Å². The quantitative estimate of drug-likeness (QED) is 0.860. The lowest BCUT2D eigenvalue weighted by Crippen LogP contribution is -2.50. The van der Waals surface area contributed by atoms with E-state index >= 15 is 0 Å². The van der Waals surface area contributed by atoms with Crippen molar-refractivity contribution in [3.63, 3.8) is 0 Å². The summed E-state index contributed by atoms with van der Waals surface area (Å²) < 4.78 is 38.4. The second-order valence-electron chi connectivity index (χ2n) is 6.06. The lowest BCUT2D eigenvalue weighted by molar-refractivity contribution is -0.137. The normalized spacial score (nSPS) is 20.0. The Morgan fingerprint density at radius 3 is 2.26 bits per heavy atom. The molecule has 1 saturated heterocycles. The van der Waals surface area contributed by atoms with Gasteiger partial charge in [0.2, 0.25) is 0 Å². The van der Waals surface area contributed by atoms with E-state index in [2.05, 4.69) is 6.07 Å². The first kappa shape index (κ1) is 17.7. The Hall–Kier alpha value is -1.62. The number of hydrogen-bond acceptors (Lipinski definition) is 4. The van der Waals surface area contributed by atoms with Crippen LogP contribution in [0.1, 0.15) is 18.1 Å². The van der Waals surface area contributed by atoms with Crippen LogP contribution in [0.2, 0.25) is 0 Å². The fraction of sp³-hybridized carbons (Fsp3) is 0.562. The largest absolute Gasteiger partial charge is 0.416 e. The number of piperazine rings is 1. The number of nitriles is 1. The van der Waals surface area contributed by atoms with Crippen LogP contribution in [0.15, 0.2) is 24.3 Å². The van der Waals surface area contributed by atoms with E-state index in [4.69, 9.17) is 5.26 Å². The minimum absolute atomic E-state index is 0.256. The zero-order chi connectivity index (χ0) is 17.1. The van der Waals surface area contributed by atoms with Crippen molar-refractivity contribution in [1.82, 2.24) is 9.80 Å². The lowest BCUT2D eigenvalue weighted by atomic mass is 9.93. The van der Waals surface area contributed by atoms with Gasteiger partial charge in [-0.3, -0.25) is 9.80 Å². The molecule has 23 heavy (non-hydrogen) atoms. The fourth-order valence-corrected chi connectivity index (χ4v) is 2.76. The van der Waals surface area contributed by atoms with Gasteiger partial charge in [0, 0.05) is 32.7 Å². The fourth-order valence-electron chi connectivity index (χ4n) is 2.76. The first-order chi connectivity index (χ1) is 10.7. The van der Waals surface area contributed by atoms with Gasteiger partial charge in [0.05, 0.1) is 23.8 Å². The molecule has 1 unspecified atom stereocenters. The Bertz CT molecular complexity index is 573. The third-order valence-corrected chi connectivity index (χ3v) is 4.10. The van der Waals surface area contributed by atoms with Crippen LogP contribution in [0.5, 0.6) is 0 Å². The zero-order valence-corrected chi connectivity index (χ0v) is 13.0. The molecule has 1 aromatic carbocycles. The van der Waals surface area contributed by atoms with Crippen LogP contribution >= 0.6 is 0 Å². The van der Waals surface area contributed by atoms with Crippen LogP contribution in [-0.2, 0) is 11.8 Å². The summed E-state index contributed by atoms with van der Waals surface area (Å²) in [6, 6.07) is 6.94. The molecule has 1 heterocycles. The van der Waals surface area contributed by atoms with E-state index in [0.717, 1.165) is 12.1 Å². The molecular weight excluding hydrogens is 307 g/mol. The lowest BCUT2D eigenvalue weighted by Gasteiger charge is -2.37. The SMILES string of the molecule is CC(O)(CN1CCN(CC#N)CC1)c1cccc(C(F)(F)F)c1. The number of aliphatic hydroxyl groups is 1. The molecule has 7 heteroatoms. The van der Waals surface area contributed by atoms with Gasteiger partial charge in [-0.2, -0.15) is 18.4 Å². The molecule has 2 rings (SSSR count). The van der Waals surface area contributed by atoms with Crippen LogP contribution in [0, 0.1) is 11.3 Å². The highest BCUT2D eigenvalue weighted by Gasteiger charge is 2.33. The maximum absolute atomic E-state index is 12.8. The Labute approximate surface area is 133 Å². The molecule has 0 aromatic heterocycles. The van der Waals surface area contributed by atoms with Gasteiger partial charge in [0.15, 0.2) is 0 Å². The molecule has 1 atom stereocenters. The molecule has 4 nitrogen and oxygen atoms in total. The number of β-amino-alcohol motifs (C(OH)–C–C–N with tert-alkyl or cyclic N) is 1. The van der Waals surface area contributed by atoms with Crippen molar-refractivity contribution < 1.29 is 18.3 Å². The summed E-state index contributed by atoms with van der Waals surface area (Å²) in [5, 5.41) is 19.3. The van der Waals surface area contributed by atoms with Crippen molar-refractivity contribution in [2.45, 2.75) is 18.7 Å². The van der Waals surface area contributed by atoms with Crippen molar-refractivity contribution in [2.75, 3.05) is 39.3 Å². The maximum Gasteiger partial charge on any atom is 0.416 e. The van der Waals surface area contributed by atoms with E-state index in [-0.39, 0.29) is 12.1 Å². The first-order valence-electron chi connectivity index (χ1n) is 7.44. The monoisotopic (exact) mass is 327 g/mol. The first-order valence-corrected chi connectivity index (χ1v) is 7.44. The van der Waals surface area contributed by atoms with Crippen LogP contribution in [0.25, 0.3) is 0 Å². The molecule has 0 amide bonds. The maximum atomic E-state index is 12.8. The number of nitrogens with zero attached hydrogens (tertiary/aromatic N) is 3. The van der Waals surface area contributed by atoms with Crippen molar-refractivity contribution in [1.29, 1.82) is 5.26 Å². The van der Waals surface area contributed by atoms with Gasteiger partial charge in [-0.05, 0) is 24.6 Å². The molecule has 0 bridgehead atoms. The number of rotatable bonds is 4. The molecule has 1 N–H and O–H groups in total. The van der Waals surface area contributed by atoms with Gasteiger partial charge in [-0.1, -0.05) is 12.1 Å². The molecule has 1 fully saturated rings. The molecule has 1 aromatic rings. The molecule has 0 saturated carbocycles. The Morgan fingerprint density at radius 1 is 1.13 bits per heavy atom. The molecule has 0 radical (unpaired) electrons. The van der Waals surface area contributed by atoms with Crippen molar-refractivity contribution in [3.05, 3.63) is 35.4 Å². The highest BCUT2D eigenvalue weighted by Crippen LogP contribution is 2.32. The van der Waals surface area contributed by atoms with Crippen LogP contribution < -0.4 is 0 Å². The third kappa shape index (κ3) is 4.67. The second kappa shape index (κ2) is 6.87. The van der Waals surface area contributed by atoms with Crippen LogP contribution in [0.3, 0.4) is 0 Å². The topological polar surface area (TPSA) is 50.5 Å². The van der Waals surface area contributed by atoms with Crippen molar-refractivity contribution in [3.8, 4) is 6.07 Å². The third-order valence-electron chi connectivity index (χ3n) is 4.10. The molecular formula is C16H20F3N3O. The van der Waals surface area contributed by atoms with Crippen LogP contribution in [-0.4, -0.2) is 54.2 Å². The van der Waals surface area contributed by atoms with Gasteiger partial charge in [-0.25, -0.2) is 0 Å². The van der Waals surface area contributed by atoms with Gasteiger partial charge < -0.3 is 5.11 Å². The predicted molar refractivity (Wildman–Crippen MR) is 79.5 cm³/mol. The standard InChI is InChI=1S/C16H20F3N3O/c1-15(23,12-22-9-7-21(6-5-20)8-10-22)13-3-2-4-14(11-13)16(17,18)19/h2-4,11,23H,6-10,12H2,1H3. The van der Waals surface area contributed by atoms with Crippen LogP contribution in [0.4, 0.5) is 13.2 Å². The smallest absolute Gasteiger partial charge is 0.384 e. The Kier molecular flexibility index (Phi) is 5.30. The molecule has 126 valence electrons. The number of benzene rings is 1. The van der Waals surface area contributed by atoms with Gasteiger partial charge in [-0.15, -0.1) is 0 Å². The van der Waals surface area contributed by atoms with Crippen molar-refractivity contribution in [2.24, 2.45) is 0 Å². The number of hydrogen-bond donors (Lipinski definition) is 1. The molecule has 0 spiro atoms. The van der Waals surface area contributed by atoms with E-state index in [0.29, 0.717) is 32.7 Å². The van der Waals surface area contributed by atoms with E-state index in [1.54, 1.807) is 0 Å². The van der Waals surface area contributed by atoms with Gasteiger partial charge in [0.1, 0.15) is 0 Å². The summed E-state index contributed by atoms with van der Waals surface area (Å²) in [6.07, 6.45) is -4.42. The summed E-state index contributed by atoms with van der Waals surface area (Å²) in [7, 11) is 0. The number of alkyl halides is 3. The highest BCUT2D eigenvalue weighted by molar-refractivity contribution is 5.29. The van der Waals surface area contributed by atoms with Gasteiger partial charge in [0.25, 0.3) is 0 Å². The highest BCUT2D eigenvalue weighted by atomic mass is 19.4. The van der Waals surface area contributed by atoms with Crippen molar-refractivity contribution >= 4 is 0 Å².